The lowest BCUT2D eigenvalue weighted by Gasteiger charge is -2.36. The Balaban J connectivity index is 1.97. The first-order valence-electron chi connectivity index (χ1n) is 8.38. The van der Waals surface area contributed by atoms with Gasteiger partial charge in [0.15, 0.2) is 11.6 Å². The van der Waals surface area contributed by atoms with Gasteiger partial charge in [-0.15, -0.1) is 0 Å². The van der Waals surface area contributed by atoms with Gasteiger partial charge < -0.3 is 14.7 Å². The summed E-state index contributed by atoms with van der Waals surface area (Å²) in [5.74, 6) is 0.0231. The number of ether oxygens (including phenoxy) is 1. The Kier molecular flexibility index (Phi) is 6.57. The van der Waals surface area contributed by atoms with Gasteiger partial charge in [0.25, 0.3) is 0 Å². The molecule has 0 saturated carbocycles. The third-order valence-corrected chi connectivity index (χ3v) is 4.73. The summed E-state index contributed by atoms with van der Waals surface area (Å²) in [5, 5.41) is 9.33. The maximum atomic E-state index is 13.8. The molecule has 1 aliphatic rings. The maximum Gasteiger partial charge on any atom is 0.239 e. The smallest absolute Gasteiger partial charge is 0.239 e. The molecular formula is C18H27FN2O3. The highest BCUT2D eigenvalue weighted by molar-refractivity contribution is 5.81. The molecule has 1 aromatic carbocycles. The van der Waals surface area contributed by atoms with Gasteiger partial charge in [-0.3, -0.25) is 9.69 Å². The van der Waals surface area contributed by atoms with E-state index < -0.39 is 5.82 Å². The number of hydrogen-bond donors (Lipinski definition) is 1. The van der Waals surface area contributed by atoms with Gasteiger partial charge in [0.2, 0.25) is 5.91 Å². The van der Waals surface area contributed by atoms with Crippen LogP contribution in [0.1, 0.15) is 25.3 Å². The van der Waals surface area contributed by atoms with Gasteiger partial charge >= 0.3 is 0 Å². The van der Waals surface area contributed by atoms with Crippen molar-refractivity contribution in [1.29, 1.82) is 0 Å². The number of rotatable bonds is 6. The first-order chi connectivity index (χ1) is 11.5. The van der Waals surface area contributed by atoms with Crippen molar-refractivity contribution in [2.45, 2.75) is 32.4 Å². The number of hydrogen-bond acceptors (Lipinski definition) is 4. The van der Waals surface area contributed by atoms with Crippen LogP contribution < -0.4 is 4.74 Å². The molecule has 0 aliphatic carbocycles. The third kappa shape index (κ3) is 4.45. The van der Waals surface area contributed by atoms with E-state index in [1.807, 2.05) is 6.92 Å². The summed E-state index contributed by atoms with van der Waals surface area (Å²) in [6, 6.07) is 4.49. The monoisotopic (exact) mass is 338 g/mol. The minimum atomic E-state index is -0.425. The Morgan fingerprint density at radius 1 is 1.54 bits per heavy atom. The van der Waals surface area contributed by atoms with Crippen LogP contribution in [0.5, 0.6) is 5.75 Å². The molecule has 0 aromatic heterocycles. The van der Waals surface area contributed by atoms with Crippen LogP contribution in [0, 0.1) is 11.7 Å². The average Bonchev–Trinajstić information content (AvgIpc) is 2.60. The number of aliphatic hydroxyl groups is 1. The normalized spacial score (nSPS) is 19.8. The van der Waals surface area contributed by atoms with Crippen molar-refractivity contribution in [3.63, 3.8) is 0 Å². The SMILES string of the molecule is COc1ccc(CN(C)C(=O)C(C)N2CCCC(CO)C2)cc1F. The number of halogens is 1. The van der Waals surface area contributed by atoms with Crippen LogP contribution in [-0.2, 0) is 11.3 Å². The summed E-state index contributed by atoms with van der Waals surface area (Å²) in [6.07, 6.45) is 2.01. The fourth-order valence-corrected chi connectivity index (χ4v) is 3.23. The second-order valence-corrected chi connectivity index (χ2v) is 6.52. The summed E-state index contributed by atoms with van der Waals surface area (Å²) in [4.78, 5) is 16.4. The standard InChI is InChI=1S/C18H27FN2O3/c1-13(21-8-4-5-15(11-21)12-22)18(23)20(2)10-14-6-7-17(24-3)16(19)9-14/h6-7,9,13,15,22H,4-5,8,10-12H2,1-3H3. The van der Waals surface area contributed by atoms with E-state index in [1.165, 1.54) is 13.2 Å². The lowest BCUT2D eigenvalue weighted by molar-refractivity contribution is -0.136. The van der Waals surface area contributed by atoms with Crippen molar-refractivity contribution < 1.29 is 19.0 Å². The average molecular weight is 338 g/mol. The fourth-order valence-electron chi connectivity index (χ4n) is 3.23. The van der Waals surface area contributed by atoms with Crippen LogP contribution in [-0.4, -0.2) is 60.7 Å². The molecular weight excluding hydrogens is 311 g/mol. The molecule has 24 heavy (non-hydrogen) atoms. The van der Waals surface area contributed by atoms with Crippen molar-refractivity contribution in [2.24, 2.45) is 5.92 Å². The first kappa shape index (κ1) is 18.7. The minimum absolute atomic E-state index is 0.00446. The highest BCUT2D eigenvalue weighted by Gasteiger charge is 2.28. The van der Waals surface area contributed by atoms with Crippen LogP contribution in [0.2, 0.25) is 0 Å². The first-order valence-corrected chi connectivity index (χ1v) is 8.38. The highest BCUT2D eigenvalue weighted by Crippen LogP contribution is 2.21. The molecule has 1 aliphatic heterocycles. The molecule has 1 N–H and O–H groups in total. The lowest BCUT2D eigenvalue weighted by Crippen LogP contribution is -2.49. The van der Waals surface area contributed by atoms with E-state index in [0.29, 0.717) is 6.54 Å². The molecule has 0 bridgehead atoms. The summed E-state index contributed by atoms with van der Waals surface area (Å²) >= 11 is 0. The largest absolute Gasteiger partial charge is 0.494 e. The van der Waals surface area contributed by atoms with E-state index in [4.69, 9.17) is 4.74 Å². The maximum absolute atomic E-state index is 13.8. The second-order valence-electron chi connectivity index (χ2n) is 6.52. The molecule has 2 atom stereocenters. The zero-order chi connectivity index (χ0) is 17.7. The molecule has 5 nitrogen and oxygen atoms in total. The van der Waals surface area contributed by atoms with Gasteiger partial charge in [-0.05, 0) is 49.9 Å². The van der Waals surface area contributed by atoms with Crippen LogP contribution in [0.3, 0.4) is 0 Å². The lowest BCUT2D eigenvalue weighted by atomic mass is 9.97. The Labute approximate surface area is 143 Å². The van der Waals surface area contributed by atoms with Gasteiger partial charge in [-0.1, -0.05) is 6.07 Å². The van der Waals surface area contributed by atoms with Crippen molar-refractivity contribution >= 4 is 5.91 Å². The fraction of sp³-hybridized carbons (Fsp3) is 0.611. The number of amides is 1. The number of carbonyl (C=O) groups is 1. The number of aliphatic hydroxyl groups excluding tert-OH is 1. The molecule has 1 heterocycles. The van der Waals surface area contributed by atoms with Crippen LogP contribution >= 0.6 is 0 Å². The zero-order valence-corrected chi connectivity index (χ0v) is 14.7. The summed E-state index contributed by atoms with van der Waals surface area (Å²) < 4.78 is 18.7. The Hall–Kier alpha value is -1.66. The van der Waals surface area contributed by atoms with Crippen molar-refractivity contribution in [3.05, 3.63) is 29.6 Å². The summed E-state index contributed by atoms with van der Waals surface area (Å²) in [5.41, 5.74) is 0.725. The Morgan fingerprint density at radius 2 is 2.29 bits per heavy atom. The minimum Gasteiger partial charge on any atom is -0.494 e. The number of piperidine rings is 1. The number of likely N-dealkylation sites (tertiary alicyclic amines) is 1. The second kappa shape index (κ2) is 8.44. The van der Waals surface area contributed by atoms with Gasteiger partial charge in [0, 0.05) is 26.7 Å². The Morgan fingerprint density at radius 3 is 2.92 bits per heavy atom. The van der Waals surface area contributed by atoms with Gasteiger partial charge in [0.05, 0.1) is 13.2 Å². The van der Waals surface area contributed by atoms with E-state index in [2.05, 4.69) is 4.90 Å². The van der Waals surface area contributed by atoms with Crippen LogP contribution in [0.25, 0.3) is 0 Å². The van der Waals surface area contributed by atoms with Crippen molar-refractivity contribution in [1.82, 2.24) is 9.80 Å². The number of carbonyl (C=O) groups excluding carboxylic acids is 1. The molecule has 134 valence electrons. The van der Waals surface area contributed by atoms with E-state index in [9.17, 15) is 14.3 Å². The van der Waals surface area contributed by atoms with Crippen LogP contribution in [0.4, 0.5) is 4.39 Å². The zero-order valence-electron chi connectivity index (χ0n) is 14.7. The topological polar surface area (TPSA) is 53.0 Å². The summed E-state index contributed by atoms with van der Waals surface area (Å²) in [7, 11) is 3.15. The number of benzene rings is 1. The van der Waals surface area contributed by atoms with Crippen LogP contribution in [0.15, 0.2) is 18.2 Å². The van der Waals surface area contributed by atoms with E-state index in [-0.39, 0.29) is 30.2 Å². The number of methoxy groups -OCH3 is 1. The summed E-state index contributed by atoms with van der Waals surface area (Å²) in [6.45, 7) is 4.02. The predicted octanol–water partition coefficient (Wildman–Crippen LogP) is 1.89. The van der Waals surface area contributed by atoms with Crippen molar-refractivity contribution in [3.8, 4) is 5.75 Å². The number of nitrogens with zero attached hydrogens (tertiary/aromatic N) is 2. The molecule has 1 amide bonds. The molecule has 0 spiro atoms. The van der Waals surface area contributed by atoms with Gasteiger partial charge in [0.1, 0.15) is 0 Å². The van der Waals surface area contributed by atoms with Gasteiger partial charge in [-0.25, -0.2) is 4.39 Å². The third-order valence-electron chi connectivity index (χ3n) is 4.73. The van der Waals surface area contributed by atoms with Gasteiger partial charge in [-0.2, -0.15) is 0 Å². The predicted molar refractivity (Wildman–Crippen MR) is 90.3 cm³/mol. The highest BCUT2D eigenvalue weighted by atomic mass is 19.1. The molecule has 0 radical (unpaired) electrons. The van der Waals surface area contributed by atoms with Crippen molar-refractivity contribution in [2.75, 3.05) is 33.9 Å². The molecule has 1 fully saturated rings. The molecule has 1 aromatic rings. The Bertz CT molecular complexity index is 567. The molecule has 6 heteroatoms. The molecule has 2 unspecified atom stereocenters. The quantitative estimate of drug-likeness (QED) is 0.861. The molecule has 2 rings (SSSR count). The molecule has 1 saturated heterocycles. The number of likely N-dealkylation sites (N-methyl/N-ethyl adjacent to an activating group) is 1. The van der Waals surface area contributed by atoms with E-state index in [0.717, 1.165) is 31.5 Å². The van der Waals surface area contributed by atoms with E-state index >= 15 is 0 Å². The van der Waals surface area contributed by atoms with E-state index in [1.54, 1.807) is 24.1 Å².